The first-order valence-electron chi connectivity index (χ1n) is 11.8. The molecule has 0 bridgehead atoms. The number of amides is 4. The Kier molecular flexibility index (Phi) is 6.53. The molecule has 38 heavy (non-hydrogen) atoms. The standard InChI is InChI=1S/C28H24N4O6/c1-17-7-9-19(10-8-17)29-25(33)16-32-26(34)22(30-28(32)36)13-18-14-31(23-6-4-3-5-21(18)23)15-20-11-12-24(38-20)27(35)37-2/h3-14H,15-16H2,1-2H3,(H,29,33)(H,30,36)/b22-13-. The largest absolute Gasteiger partial charge is 0.463 e. The van der Waals surface area contributed by atoms with Crippen molar-refractivity contribution in [2.45, 2.75) is 13.5 Å². The molecule has 4 amide bonds. The third-order valence-corrected chi connectivity index (χ3v) is 6.09. The normalized spacial score (nSPS) is 14.3. The van der Waals surface area contributed by atoms with Gasteiger partial charge in [-0.3, -0.25) is 9.59 Å². The van der Waals surface area contributed by atoms with Gasteiger partial charge < -0.3 is 24.4 Å². The first kappa shape index (κ1) is 24.6. The van der Waals surface area contributed by atoms with Crippen LogP contribution in [0.2, 0.25) is 0 Å². The highest BCUT2D eigenvalue weighted by atomic mass is 16.5. The molecule has 2 aromatic heterocycles. The van der Waals surface area contributed by atoms with Gasteiger partial charge in [-0.15, -0.1) is 0 Å². The molecule has 0 atom stereocenters. The third kappa shape index (κ3) is 4.92. The fourth-order valence-corrected chi connectivity index (χ4v) is 4.21. The minimum Gasteiger partial charge on any atom is -0.463 e. The summed E-state index contributed by atoms with van der Waals surface area (Å²) >= 11 is 0. The Morgan fingerprint density at radius 3 is 2.58 bits per heavy atom. The molecule has 10 heteroatoms. The number of para-hydroxylation sites is 1. The number of anilines is 1. The van der Waals surface area contributed by atoms with Gasteiger partial charge in [0, 0.05) is 28.4 Å². The van der Waals surface area contributed by atoms with E-state index in [4.69, 9.17) is 9.15 Å². The maximum absolute atomic E-state index is 13.0. The Morgan fingerprint density at radius 1 is 1.05 bits per heavy atom. The Morgan fingerprint density at radius 2 is 1.82 bits per heavy atom. The van der Waals surface area contributed by atoms with Crippen LogP contribution in [0.15, 0.2) is 77.0 Å². The van der Waals surface area contributed by atoms with Gasteiger partial charge in [0.2, 0.25) is 11.7 Å². The highest BCUT2D eigenvalue weighted by Crippen LogP contribution is 2.26. The highest BCUT2D eigenvalue weighted by molar-refractivity contribution is 6.16. The maximum Gasteiger partial charge on any atom is 0.373 e. The summed E-state index contributed by atoms with van der Waals surface area (Å²) in [5.41, 5.74) is 3.23. The SMILES string of the molecule is COC(=O)c1ccc(Cn2cc(/C=C3\NC(=O)N(CC(=O)Nc4ccc(C)cc4)C3=O)c3ccccc32)o1. The van der Waals surface area contributed by atoms with Gasteiger partial charge in [-0.2, -0.15) is 0 Å². The van der Waals surface area contributed by atoms with E-state index < -0.39 is 30.4 Å². The molecule has 0 spiro atoms. The minimum atomic E-state index is -0.671. The van der Waals surface area contributed by atoms with Gasteiger partial charge in [0.05, 0.1) is 13.7 Å². The van der Waals surface area contributed by atoms with Crippen LogP contribution in [0.3, 0.4) is 0 Å². The molecule has 0 radical (unpaired) electrons. The van der Waals surface area contributed by atoms with Crippen LogP contribution in [-0.2, 0) is 20.9 Å². The van der Waals surface area contributed by atoms with E-state index in [0.717, 1.165) is 21.4 Å². The maximum atomic E-state index is 13.0. The van der Waals surface area contributed by atoms with Crippen LogP contribution in [0.25, 0.3) is 17.0 Å². The number of hydrogen-bond donors (Lipinski definition) is 2. The van der Waals surface area contributed by atoms with Crippen molar-refractivity contribution in [3.05, 3.63) is 95.2 Å². The van der Waals surface area contributed by atoms with E-state index in [1.54, 1.807) is 30.3 Å². The number of imide groups is 1. The predicted molar refractivity (Wildman–Crippen MR) is 139 cm³/mol. The first-order valence-corrected chi connectivity index (χ1v) is 11.8. The number of rotatable bonds is 7. The van der Waals surface area contributed by atoms with Gasteiger partial charge in [-0.25, -0.2) is 14.5 Å². The molecule has 1 aliphatic rings. The predicted octanol–water partition coefficient (Wildman–Crippen LogP) is 3.91. The van der Waals surface area contributed by atoms with Crippen LogP contribution in [0, 0.1) is 6.92 Å². The number of hydrogen-bond acceptors (Lipinski definition) is 6. The molecule has 0 unspecified atom stereocenters. The Bertz CT molecular complexity index is 1600. The molecule has 0 aliphatic carbocycles. The number of benzene rings is 2. The number of ether oxygens (including phenoxy) is 1. The van der Waals surface area contributed by atoms with E-state index >= 15 is 0 Å². The van der Waals surface area contributed by atoms with Crippen molar-refractivity contribution >= 4 is 46.5 Å². The fraction of sp³-hybridized carbons (Fsp3) is 0.143. The van der Waals surface area contributed by atoms with Gasteiger partial charge in [0.15, 0.2) is 0 Å². The lowest BCUT2D eigenvalue weighted by atomic mass is 10.1. The number of furan rings is 1. The number of fused-ring (bicyclic) bond motifs is 1. The van der Waals surface area contributed by atoms with Crippen LogP contribution in [0.4, 0.5) is 10.5 Å². The number of carbonyl (C=O) groups excluding carboxylic acids is 4. The molecule has 0 saturated carbocycles. The second kappa shape index (κ2) is 10.1. The summed E-state index contributed by atoms with van der Waals surface area (Å²) in [4.78, 5) is 50.6. The molecule has 1 fully saturated rings. The zero-order valence-electron chi connectivity index (χ0n) is 20.7. The molecule has 2 aromatic carbocycles. The van der Waals surface area contributed by atoms with Crippen molar-refractivity contribution in [3.63, 3.8) is 0 Å². The van der Waals surface area contributed by atoms with E-state index in [-0.39, 0.29) is 11.5 Å². The lowest BCUT2D eigenvalue weighted by Crippen LogP contribution is -2.38. The summed E-state index contributed by atoms with van der Waals surface area (Å²) in [5, 5.41) is 6.10. The third-order valence-electron chi connectivity index (χ3n) is 6.09. The first-order chi connectivity index (χ1) is 18.3. The second-order valence-corrected chi connectivity index (χ2v) is 8.78. The number of methoxy groups -OCH3 is 1. The van der Waals surface area contributed by atoms with Crippen molar-refractivity contribution in [2.24, 2.45) is 0 Å². The molecule has 3 heterocycles. The van der Waals surface area contributed by atoms with Crippen LogP contribution in [-0.4, -0.2) is 46.9 Å². The average Bonchev–Trinajstić information content (AvgIpc) is 3.59. The molecule has 192 valence electrons. The molecule has 1 aliphatic heterocycles. The lowest BCUT2D eigenvalue weighted by molar-refractivity contribution is -0.127. The van der Waals surface area contributed by atoms with E-state index in [9.17, 15) is 19.2 Å². The molecule has 5 rings (SSSR count). The highest BCUT2D eigenvalue weighted by Gasteiger charge is 2.35. The van der Waals surface area contributed by atoms with Gasteiger partial charge in [0.25, 0.3) is 5.91 Å². The van der Waals surface area contributed by atoms with Crippen LogP contribution >= 0.6 is 0 Å². The number of aromatic nitrogens is 1. The lowest BCUT2D eigenvalue weighted by Gasteiger charge is -2.12. The van der Waals surface area contributed by atoms with Gasteiger partial charge >= 0.3 is 12.0 Å². The van der Waals surface area contributed by atoms with Crippen molar-refractivity contribution < 1.29 is 28.3 Å². The van der Waals surface area contributed by atoms with Crippen molar-refractivity contribution in [2.75, 3.05) is 19.0 Å². The monoisotopic (exact) mass is 512 g/mol. The van der Waals surface area contributed by atoms with E-state index in [0.29, 0.717) is 23.6 Å². The average molecular weight is 513 g/mol. The number of urea groups is 1. The van der Waals surface area contributed by atoms with Gasteiger partial charge in [0.1, 0.15) is 18.0 Å². The summed E-state index contributed by atoms with van der Waals surface area (Å²) in [5.74, 6) is -1.00. The second-order valence-electron chi connectivity index (χ2n) is 8.78. The van der Waals surface area contributed by atoms with E-state index in [1.165, 1.54) is 7.11 Å². The number of nitrogens with zero attached hydrogens (tertiary/aromatic N) is 2. The molecular weight excluding hydrogens is 488 g/mol. The summed E-state index contributed by atoms with van der Waals surface area (Å²) in [6.45, 7) is 1.84. The number of aryl methyl sites for hydroxylation is 1. The van der Waals surface area contributed by atoms with Crippen molar-refractivity contribution in [1.82, 2.24) is 14.8 Å². The molecule has 2 N–H and O–H groups in total. The summed E-state index contributed by atoms with van der Waals surface area (Å²) in [6.07, 6.45) is 3.41. The zero-order valence-corrected chi connectivity index (χ0v) is 20.7. The molecular formula is C28H24N4O6. The van der Waals surface area contributed by atoms with E-state index in [1.807, 2.05) is 54.1 Å². The van der Waals surface area contributed by atoms with Crippen molar-refractivity contribution in [3.8, 4) is 0 Å². The molecule has 4 aromatic rings. The number of nitrogens with one attached hydrogen (secondary N) is 2. The summed E-state index contributed by atoms with van der Waals surface area (Å²) < 4.78 is 12.2. The quantitative estimate of drug-likeness (QED) is 0.220. The molecule has 1 saturated heterocycles. The fourth-order valence-electron chi connectivity index (χ4n) is 4.21. The summed E-state index contributed by atoms with van der Waals surface area (Å²) in [6, 6.07) is 17.3. The van der Waals surface area contributed by atoms with Gasteiger partial charge in [-0.1, -0.05) is 35.9 Å². The number of carbonyl (C=O) groups is 4. The van der Waals surface area contributed by atoms with E-state index in [2.05, 4.69) is 10.6 Å². The van der Waals surface area contributed by atoms with Gasteiger partial charge in [-0.05, 0) is 43.3 Å². The summed E-state index contributed by atoms with van der Waals surface area (Å²) in [7, 11) is 1.28. The van der Waals surface area contributed by atoms with Crippen LogP contribution in [0.1, 0.15) is 27.4 Å². The minimum absolute atomic E-state index is 0.0621. The smallest absolute Gasteiger partial charge is 0.373 e. The Labute approximate surface area is 217 Å². The Hall–Kier alpha value is -5.12. The van der Waals surface area contributed by atoms with Crippen LogP contribution in [0.5, 0.6) is 0 Å². The topological polar surface area (TPSA) is 123 Å². The van der Waals surface area contributed by atoms with Crippen molar-refractivity contribution in [1.29, 1.82) is 0 Å². The van der Waals surface area contributed by atoms with Crippen LogP contribution < -0.4 is 10.6 Å². The molecule has 10 nitrogen and oxygen atoms in total. The Balaban J connectivity index is 1.36. The number of esters is 1. The zero-order chi connectivity index (χ0) is 26.8.